The van der Waals surface area contributed by atoms with Crippen molar-refractivity contribution in [1.29, 1.82) is 0 Å². The van der Waals surface area contributed by atoms with Crippen LogP contribution in [0, 0.1) is 20.8 Å². The van der Waals surface area contributed by atoms with Crippen molar-refractivity contribution in [2.24, 2.45) is 0 Å². The average molecular weight is 250 g/mol. The van der Waals surface area contributed by atoms with E-state index in [0.717, 1.165) is 30.8 Å². The summed E-state index contributed by atoms with van der Waals surface area (Å²) >= 11 is 0. The Morgan fingerprint density at radius 1 is 1.39 bits per heavy atom. The first-order valence-electron chi connectivity index (χ1n) is 6.67. The van der Waals surface area contributed by atoms with E-state index in [-0.39, 0.29) is 5.91 Å². The molecule has 0 radical (unpaired) electrons. The van der Waals surface area contributed by atoms with Crippen LogP contribution >= 0.6 is 0 Å². The molecular formula is C14H22N2O2. The summed E-state index contributed by atoms with van der Waals surface area (Å²) in [4.78, 5) is 12.1. The molecule has 100 valence electrons. The first-order chi connectivity index (χ1) is 8.59. The van der Waals surface area contributed by atoms with Gasteiger partial charge in [-0.05, 0) is 46.6 Å². The standard InChI is InChI=1S/C14H22N2O2/c1-9-10(2)18-11(3)13(9)14(17)16-8-6-12-5-4-7-15-12/h12,15H,4-8H2,1-3H3,(H,16,17). The summed E-state index contributed by atoms with van der Waals surface area (Å²) in [5, 5.41) is 6.41. The molecule has 1 fully saturated rings. The van der Waals surface area contributed by atoms with Gasteiger partial charge in [-0.3, -0.25) is 4.79 Å². The zero-order chi connectivity index (χ0) is 13.1. The molecule has 1 unspecified atom stereocenters. The minimum atomic E-state index is -0.0140. The van der Waals surface area contributed by atoms with E-state index in [9.17, 15) is 4.79 Å². The fraction of sp³-hybridized carbons (Fsp3) is 0.643. The van der Waals surface area contributed by atoms with Crippen molar-refractivity contribution in [3.8, 4) is 0 Å². The van der Waals surface area contributed by atoms with Crippen molar-refractivity contribution >= 4 is 5.91 Å². The highest BCUT2D eigenvalue weighted by molar-refractivity contribution is 5.96. The maximum atomic E-state index is 12.1. The zero-order valence-corrected chi connectivity index (χ0v) is 11.4. The van der Waals surface area contributed by atoms with Crippen LogP contribution in [0.5, 0.6) is 0 Å². The third-order valence-electron chi connectivity index (χ3n) is 3.73. The van der Waals surface area contributed by atoms with Crippen molar-refractivity contribution in [3.63, 3.8) is 0 Å². The maximum absolute atomic E-state index is 12.1. The molecule has 4 nitrogen and oxygen atoms in total. The van der Waals surface area contributed by atoms with Gasteiger partial charge in [0.05, 0.1) is 5.56 Å². The lowest BCUT2D eigenvalue weighted by Gasteiger charge is -2.10. The Kier molecular flexibility index (Phi) is 4.07. The Morgan fingerprint density at radius 3 is 2.72 bits per heavy atom. The number of amides is 1. The molecule has 1 aliphatic heterocycles. The van der Waals surface area contributed by atoms with E-state index in [2.05, 4.69) is 10.6 Å². The topological polar surface area (TPSA) is 54.3 Å². The van der Waals surface area contributed by atoms with Crippen LogP contribution in [0.1, 0.15) is 46.7 Å². The predicted octanol–water partition coefficient (Wildman–Crippen LogP) is 2.08. The molecular weight excluding hydrogens is 228 g/mol. The molecule has 1 aliphatic rings. The first-order valence-corrected chi connectivity index (χ1v) is 6.67. The summed E-state index contributed by atoms with van der Waals surface area (Å²) in [5.41, 5.74) is 1.65. The van der Waals surface area contributed by atoms with Gasteiger partial charge in [-0.1, -0.05) is 0 Å². The molecule has 1 saturated heterocycles. The van der Waals surface area contributed by atoms with Crippen molar-refractivity contribution in [2.75, 3.05) is 13.1 Å². The second-order valence-electron chi connectivity index (χ2n) is 5.05. The highest BCUT2D eigenvalue weighted by Crippen LogP contribution is 2.20. The van der Waals surface area contributed by atoms with Crippen LogP contribution in [-0.4, -0.2) is 25.0 Å². The number of carbonyl (C=O) groups excluding carboxylic acids is 1. The molecule has 1 amide bonds. The summed E-state index contributed by atoms with van der Waals surface area (Å²) < 4.78 is 5.47. The van der Waals surface area contributed by atoms with Gasteiger partial charge in [0.2, 0.25) is 0 Å². The van der Waals surface area contributed by atoms with Crippen LogP contribution in [0.4, 0.5) is 0 Å². The van der Waals surface area contributed by atoms with Crippen molar-refractivity contribution in [3.05, 3.63) is 22.6 Å². The summed E-state index contributed by atoms with van der Waals surface area (Å²) in [6.07, 6.45) is 3.47. The van der Waals surface area contributed by atoms with E-state index in [4.69, 9.17) is 4.42 Å². The number of rotatable bonds is 4. The second kappa shape index (κ2) is 5.57. The molecule has 0 aliphatic carbocycles. The highest BCUT2D eigenvalue weighted by atomic mass is 16.3. The third-order valence-corrected chi connectivity index (χ3v) is 3.73. The summed E-state index contributed by atoms with van der Waals surface area (Å²) in [5.74, 6) is 1.52. The molecule has 1 atom stereocenters. The van der Waals surface area contributed by atoms with Crippen LogP contribution in [0.2, 0.25) is 0 Å². The smallest absolute Gasteiger partial charge is 0.255 e. The monoisotopic (exact) mass is 250 g/mol. The quantitative estimate of drug-likeness (QED) is 0.860. The largest absolute Gasteiger partial charge is 0.466 e. The number of carbonyl (C=O) groups is 1. The van der Waals surface area contributed by atoms with Gasteiger partial charge in [-0.2, -0.15) is 0 Å². The van der Waals surface area contributed by atoms with Crippen LogP contribution < -0.4 is 10.6 Å². The molecule has 2 heterocycles. The number of aryl methyl sites for hydroxylation is 2. The van der Waals surface area contributed by atoms with Crippen LogP contribution in [0.15, 0.2) is 4.42 Å². The fourth-order valence-corrected chi connectivity index (χ4v) is 2.58. The number of hydrogen-bond acceptors (Lipinski definition) is 3. The number of hydrogen-bond donors (Lipinski definition) is 2. The molecule has 2 rings (SSSR count). The Labute approximate surface area is 108 Å². The molecule has 0 aromatic carbocycles. The van der Waals surface area contributed by atoms with E-state index in [1.165, 1.54) is 12.8 Å². The van der Waals surface area contributed by atoms with Crippen LogP contribution in [0.3, 0.4) is 0 Å². The van der Waals surface area contributed by atoms with Crippen molar-refractivity contribution < 1.29 is 9.21 Å². The predicted molar refractivity (Wildman–Crippen MR) is 70.9 cm³/mol. The van der Waals surface area contributed by atoms with E-state index >= 15 is 0 Å². The third kappa shape index (κ3) is 2.75. The van der Waals surface area contributed by atoms with Gasteiger partial charge in [0.15, 0.2) is 0 Å². The lowest BCUT2D eigenvalue weighted by Crippen LogP contribution is -2.31. The molecule has 1 aromatic rings. The average Bonchev–Trinajstić information content (AvgIpc) is 2.89. The molecule has 2 N–H and O–H groups in total. The Bertz CT molecular complexity index is 431. The van der Waals surface area contributed by atoms with Gasteiger partial charge < -0.3 is 15.1 Å². The van der Waals surface area contributed by atoms with Crippen molar-refractivity contribution in [1.82, 2.24) is 10.6 Å². The van der Waals surface area contributed by atoms with Gasteiger partial charge in [-0.15, -0.1) is 0 Å². The molecule has 0 saturated carbocycles. The maximum Gasteiger partial charge on any atom is 0.255 e. The van der Waals surface area contributed by atoms with Gasteiger partial charge in [-0.25, -0.2) is 0 Å². The Balaban J connectivity index is 1.87. The van der Waals surface area contributed by atoms with Gasteiger partial charge >= 0.3 is 0 Å². The number of furan rings is 1. The van der Waals surface area contributed by atoms with Crippen LogP contribution in [-0.2, 0) is 0 Å². The second-order valence-corrected chi connectivity index (χ2v) is 5.05. The Hall–Kier alpha value is -1.29. The summed E-state index contributed by atoms with van der Waals surface area (Å²) in [7, 11) is 0. The minimum Gasteiger partial charge on any atom is -0.466 e. The molecule has 4 heteroatoms. The lowest BCUT2D eigenvalue weighted by atomic mass is 10.1. The van der Waals surface area contributed by atoms with Crippen molar-refractivity contribution in [2.45, 2.75) is 46.1 Å². The van der Waals surface area contributed by atoms with Gasteiger partial charge in [0.25, 0.3) is 5.91 Å². The zero-order valence-electron chi connectivity index (χ0n) is 11.4. The van der Waals surface area contributed by atoms with E-state index in [0.29, 0.717) is 17.4 Å². The molecule has 0 bridgehead atoms. The van der Waals surface area contributed by atoms with E-state index in [1.54, 1.807) is 0 Å². The lowest BCUT2D eigenvalue weighted by molar-refractivity contribution is 0.0950. The fourth-order valence-electron chi connectivity index (χ4n) is 2.58. The minimum absolute atomic E-state index is 0.0140. The summed E-state index contributed by atoms with van der Waals surface area (Å²) in [6.45, 7) is 7.49. The molecule has 0 spiro atoms. The first kappa shape index (κ1) is 13.1. The normalized spacial score (nSPS) is 19.2. The summed E-state index contributed by atoms with van der Waals surface area (Å²) in [6, 6.07) is 0.568. The van der Waals surface area contributed by atoms with Gasteiger partial charge in [0, 0.05) is 18.2 Å². The van der Waals surface area contributed by atoms with Crippen LogP contribution in [0.25, 0.3) is 0 Å². The molecule has 1 aromatic heterocycles. The Morgan fingerprint density at radius 2 is 2.17 bits per heavy atom. The molecule has 18 heavy (non-hydrogen) atoms. The van der Waals surface area contributed by atoms with E-state index < -0.39 is 0 Å². The number of nitrogens with one attached hydrogen (secondary N) is 2. The van der Waals surface area contributed by atoms with Gasteiger partial charge in [0.1, 0.15) is 11.5 Å². The highest BCUT2D eigenvalue weighted by Gasteiger charge is 2.19. The SMILES string of the molecule is Cc1oc(C)c(C(=O)NCCC2CCCN2)c1C. The van der Waals surface area contributed by atoms with E-state index in [1.807, 2.05) is 20.8 Å².